The molecule has 0 saturated heterocycles. The number of nitrogens with zero attached hydrogens (tertiary/aromatic N) is 3. The lowest BCUT2D eigenvalue weighted by molar-refractivity contribution is 0.507. The second kappa shape index (κ2) is 3.22. The molecule has 2 heterocycles. The first-order valence-electron chi connectivity index (χ1n) is 6.11. The SMILES string of the molecule is CC(C)(C)c1nc2cnc(N)cc2n1C1CC1. The minimum Gasteiger partial charge on any atom is -0.384 e. The van der Waals surface area contributed by atoms with Gasteiger partial charge in [-0.3, -0.25) is 0 Å². The van der Waals surface area contributed by atoms with Crippen LogP contribution in [0.5, 0.6) is 0 Å². The van der Waals surface area contributed by atoms with E-state index in [1.54, 1.807) is 6.20 Å². The van der Waals surface area contributed by atoms with E-state index < -0.39 is 0 Å². The summed E-state index contributed by atoms with van der Waals surface area (Å²) >= 11 is 0. The highest BCUT2D eigenvalue weighted by molar-refractivity contribution is 5.78. The van der Waals surface area contributed by atoms with Crippen LogP contribution in [0.2, 0.25) is 0 Å². The Morgan fingerprint density at radius 2 is 2.06 bits per heavy atom. The van der Waals surface area contributed by atoms with Gasteiger partial charge in [0.05, 0.1) is 11.7 Å². The highest BCUT2D eigenvalue weighted by Crippen LogP contribution is 2.41. The maximum atomic E-state index is 5.78. The van der Waals surface area contributed by atoms with Gasteiger partial charge in [0.15, 0.2) is 0 Å². The summed E-state index contributed by atoms with van der Waals surface area (Å²) in [4.78, 5) is 8.86. The molecular formula is C13H18N4. The van der Waals surface area contributed by atoms with Gasteiger partial charge in [0.2, 0.25) is 0 Å². The van der Waals surface area contributed by atoms with Crippen LogP contribution < -0.4 is 5.73 Å². The minimum atomic E-state index is 0.0520. The molecule has 17 heavy (non-hydrogen) atoms. The van der Waals surface area contributed by atoms with Crippen molar-refractivity contribution in [3.8, 4) is 0 Å². The van der Waals surface area contributed by atoms with Gasteiger partial charge in [-0.15, -0.1) is 0 Å². The Morgan fingerprint density at radius 1 is 1.35 bits per heavy atom. The number of hydrogen-bond acceptors (Lipinski definition) is 3. The van der Waals surface area contributed by atoms with E-state index in [9.17, 15) is 0 Å². The monoisotopic (exact) mass is 230 g/mol. The zero-order chi connectivity index (χ0) is 12.2. The molecule has 0 atom stereocenters. The number of fused-ring (bicyclic) bond motifs is 1. The van der Waals surface area contributed by atoms with E-state index >= 15 is 0 Å². The topological polar surface area (TPSA) is 56.7 Å². The first-order chi connectivity index (χ1) is 7.97. The van der Waals surface area contributed by atoms with Crippen molar-refractivity contribution >= 4 is 16.9 Å². The maximum Gasteiger partial charge on any atom is 0.125 e. The van der Waals surface area contributed by atoms with Gasteiger partial charge in [-0.05, 0) is 12.8 Å². The van der Waals surface area contributed by atoms with E-state index in [4.69, 9.17) is 10.7 Å². The van der Waals surface area contributed by atoms with Gasteiger partial charge in [-0.25, -0.2) is 9.97 Å². The van der Waals surface area contributed by atoms with Crippen molar-refractivity contribution in [1.29, 1.82) is 0 Å². The Balaban J connectivity index is 2.31. The van der Waals surface area contributed by atoms with Crippen molar-refractivity contribution in [2.24, 2.45) is 0 Å². The van der Waals surface area contributed by atoms with Crippen molar-refractivity contribution in [3.05, 3.63) is 18.1 Å². The summed E-state index contributed by atoms with van der Waals surface area (Å²) in [5.74, 6) is 1.71. The Kier molecular flexibility index (Phi) is 2.00. The number of rotatable bonds is 1. The fourth-order valence-electron chi connectivity index (χ4n) is 2.25. The molecule has 0 amide bonds. The van der Waals surface area contributed by atoms with Crippen molar-refractivity contribution in [2.45, 2.75) is 45.1 Å². The maximum absolute atomic E-state index is 5.78. The molecule has 1 fully saturated rings. The number of hydrogen-bond donors (Lipinski definition) is 1. The summed E-state index contributed by atoms with van der Waals surface area (Å²) in [6.07, 6.45) is 4.27. The molecule has 2 aromatic rings. The molecule has 0 radical (unpaired) electrons. The van der Waals surface area contributed by atoms with Crippen LogP contribution in [0.4, 0.5) is 5.82 Å². The predicted molar refractivity (Wildman–Crippen MR) is 68.9 cm³/mol. The number of anilines is 1. The molecule has 0 unspecified atom stereocenters. The number of imidazole rings is 1. The van der Waals surface area contributed by atoms with Crippen LogP contribution in [0.1, 0.15) is 45.5 Å². The van der Waals surface area contributed by atoms with E-state index in [0.717, 1.165) is 16.9 Å². The molecule has 4 heteroatoms. The van der Waals surface area contributed by atoms with Gasteiger partial charge in [-0.1, -0.05) is 20.8 Å². The Hall–Kier alpha value is -1.58. The second-order valence-corrected chi connectivity index (χ2v) is 5.88. The molecule has 2 N–H and O–H groups in total. The molecule has 0 aliphatic heterocycles. The van der Waals surface area contributed by atoms with E-state index in [0.29, 0.717) is 11.9 Å². The molecule has 1 saturated carbocycles. The lowest BCUT2D eigenvalue weighted by Gasteiger charge is -2.19. The molecule has 90 valence electrons. The average Bonchev–Trinajstić information content (AvgIpc) is 2.98. The van der Waals surface area contributed by atoms with E-state index in [2.05, 4.69) is 30.3 Å². The zero-order valence-corrected chi connectivity index (χ0v) is 10.6. The third kappa shape index (κ3) is 1.68. The van der Waals surface area contributed by atoms with Crippen LogP contribution in [-0.2, 0) is 5.41 Å². The average molecular weight is 230 g/mol. The highest BCUT2D eigenvalue weighted by atomic mass is 15.1. The molecule has 0 spiro atoms. The van der Waals surface area contributed by atoms with Crippen molar-refractivity contribution in [2.75, 3.05) is 5.73 Å². The van der Waals surface area contributed by atoms with Crippen LogP contribution in [0, 0.1) is 0 Å². The lowest BCUT2D eigenvalue weighted by Crippen LogP contribution is -2.18. The molecular weight excluding hydrogens is 212 g/mol. The molecule has 3 rings (SSSR count). The van der Waals surface area contributed by atoms with E-state index in [1.807, 2.05) is 6.07 Å². The quantitative estimate of drug-likeness (QED) is 0.819. The third-order valence-corrected chi connectivity index (χ3v) is 3.18. The Morgan fingerprint density at radius 3 is 2.65 bits per heavy atom. The summed E-state index contributed by atoms with van der Waals surface area (Å²) in [6, 6.07) is 2.55. The predicted octanol–water partition coefficient (Wildman–Crippen LogP) is 2.65. The standard InChI is InChI=1S/C13H18N4/c1-13(2,3)12-16-9-7-15-11(14)6-10(9)17(12)8-4-5-8/h6-8H,4-5H2,1-3H3,(H2,14,15). The fraction of sp³-hybridized carbons (Fsp3) is 0.538. The molecule has 1 aliphatic rings. The largest absolute Gasteiger partial charge is 0.384 e. The van der Waals surface area contributed by atoms with Crippen LogP contribution in [0.3, 0.4) is 0 Å². The fourth-order valence-corrected chi connectivity index (χ4v) is 2.25. The number of nitrogen functional groups attached to an aromatic ring is 1. The number of nitrogens with two attached hydrogens (primary N) is 1. The molecule has 4 nitrogen and oxygen atoms in total. The summed E-state index contributed by atoms with van der Waals surface area (Å²) in [6.45, 7) is 6.59. The van der Waals surface area contributed by atoms with Crippen LogP contribution in [0.25, 0.3) is 11.0 Å². The highest BCUT2D eigenvalue weighted by Gasteiger charge is 2.32. The van der Waals surface area contributed by atoms with Crippen molar-refractivity contribution < 1.29 is 0 Å². The second-order valence-electron chi connectivity index (χ2n) is 5.88. The third-order valence-electron chi connectivity index (χ3n) is 3.18. The number of aromatic nitrogens is 3. The Labute approximate surface area is 101 Å². The van der Waals surface area contributed by atoms with Crippen LogP contribution in [-0.4, -0.2) is 14.5 Å². The lowest BCUT2D eigenvalue weighted by atomic mass is 9.95. The van der Waals surface area contributed by atoms with Crippen LogP contribution in [0.15, 0.2) is 12.3 Å². The molecule has 1 aliphatic carbocycles. The Bertz CT molecular complexity index is 573. The van der Waals surface area contributed by atoms with Gasteiger partial charge in [0.25, 0.3) is 0 Å². The first-order valence-corrected chi connectivity index (χ1v) is 6.11. The first kappa shape index (κ1) is 10.6. The van der Waals surface area contributed by atoms with Crippen LogP contribution >= 0.6 is 0 Å². The van der Waals surface area contributed by atoms with E-state index in [1.165, 1.54) is 12.8 Å². The van der Waals surface area contributed by atoms with Crippen molar-refractivity contribution in [3.63, 3.8) is 0 Å². The molecule has 2 aromatic heterocycles. The van der Waals surface area contributed by atoms with Gasteiger partial charge in [0.1, 0.15) is 17.2 Å². The minimum absolute atomic E-state index is 0.0520. The normalized spacial score (nSPS) is 16.6. The zero-order valence-electron chi connectivity index (χ0n) is 10.6. The van der Waals surface area contributed by atoms with E-state index in [-0.39, 0.29) is 5.41 Å². The van der Waals surface area contributed by atoms with Gasteiger partial charge >= 0.3 is 0 Å². The summed E-state index contributed by atoms with van der Waals surface area (Å²) in [5.41, 5.74) is 7.92. The summed E-state index contributed by atoms with van der Waals surface area (Å²) in [7, 11) is 0. The molecule has 0 aromatic carbocycles. The number of pyridine rings is 1. The molecule has 0 bridgehead atoms. The summed E-state index contributed by atoms with van der Waals surface area (Å²) < 4.78 is 2.35. The van der Waals surface area contributed by atoms with Crippen molar-refractivity contribution in [1.82, 2.24) is 14.5 Å². The van der Waals surface area contributed by atoms with Gasteiger partial charge in [0, 0.05) is 17.5 Å². The van der Waals surface area contributed by atoms with Gasteiger partial charge in [-0.2, -0.15) is 0 Å². The van der Waals surface area contributed by atoms with Gasteiger partial charge < -0.3 is 10.3 Å². The smallest absolute Gasteiger partial charge is 0.125 e. The summed E-state index contributed by atoms with van der Waals surface area (Å²) in [5, 5.41) is 0.